The smallest absolute Gasteiger partial charge is 0.253 e. The third-order valence-electron chi connectivity index (χ3n) is 0.910. The van der Waals surface area contributed by atoms with Crippen LogP contribution in [0.25, 0.3) is 0 Å². The standard InChI is InChI=1S/C6H3ClF2N/c7-5-1-4(6(8)9)2-10-3-5/h1,3,6H. The minimum absolute atomic E-state index is 0.203. The molecule has 53 valence electrons. The van der Waals surface area contributed by atoms with Gasteiger partial charge in [0.2, 0.25) is 0 Å². The molecule has 0 aliphatic heterocycles. The highest BCUT2D eigenvalue weighted by Crippen LogP contribution is 2.19. The number of hydrogen-bond acceptors (Lipinski definition) is 1. The molecule has 0 aliphatic carbocycles. The molecular weight excluding hydrogens is 160 g/mol. The van der Waals surface area contributed by atoms with Gasteiger partial charge in [0.15, 0.2) is 0 Å². The second-order valence-electron chi connectivity index (χ2n) is 1.66. The lowest BCUT2D eigenvalue weighted by atomic mass is 10.3. The van der Waals surface area contributed by atoms with E-state index in [1.807, 2.05) is 0 Å². The summed E-state index contributed by atoms with van der Waals surface area (Å²) < 4.78 is 23.6. The summed E-state index contributed by atoms with van der Waals surface area (Å²) in [6, 6.07) is 1.14. The van der Waals surface area contributed by atoms with Crippen molar-refractivity contribution in [3.8, 4) is 0 Å². The molecule has 10 heavy (non-hydrogen) atoms. The maximum atomic E-state index is 11.8. The lowest BCUT2D eigenvalue weighted by Gasteiger charge is -1.95. The van der Waals surface area contributed by atoms with Crippen LogP contribution in [-0.4, -0.2) is 4.98 Å². The molecule has 0 unspecified atom stereocenters. The van der Waals surface area contributed by atoms with Gasteiger partial charge >= 0.3 is 0 Å². The molecule has 4 heteroatoms. The van der Waals surface area contributed by atoms with Gasteiger partial charge in [-0.15, -0.1) is 0 Å². The molecule has 0 amide bonds. The Morgan fingerprint density at radius 2 is 2.30 bits per heavy atom. The van der Waals surface area contributed by atoms with Crippen LogP contribution in [0.3, 0.4) is 0 Å². The quantitative estimate of drug-likeness (QED) is 0.618. The summed E-state index contributed by atoms with van der Waals surface area (Å²) in [5.41, 5.74) is -0.271. The molecule has 0 spiro atoms. The van der Waals surface area contributed by atoms with Crippen molar-refractivity contribution in [2.24, 2.45) is 0 Å². The van der Waals surface area contributed by atoms with E-state index in [2.05, 4.69) is 11.2 Å². The molecule has 0 N–H and O–H groups in total. The van der Waals surface area contributed by atoms with E-state index in [9.17, 15) is 8.78 Å². The Morgan fingerprint density at radius 3 is 2.70 bits per heavy atom. The fraction of sp³-hybridized carbons (Fsp3) is 0.167. The van der Waals surface area contributed by atoms with Crippen molar-refractivity contribution in [1.29, 1.82) is 0 Å². The Hall–Kier alpha value is -0.700. The van der Waals surface area contributed by atoms with Gasteiger partial charge in [0.05, 0.1) is 11.2 Å². The maximum Gasteiger partial charge on any atom is 0.266 e. The first-order valence-electron chi connectivity index (χ1n) is 2.51. The molecule has 1 radical (unpaired) electrons. The minimum Gasteiger partial charge on any atom is -0.253 e. The molecule has 0 aromatic carbocycles. The first-order valence-corrected chi connectivity index (χ1v) is 2.89. The van der Waals surface area contributed by atoms with Crippen LogP contribution in [0.5, 0.6) is 0 Å². The van der Waals surface area contributed by atoms with E-state index in [4.69, 9.17) is 11.6 Å². The molecule has 1 aromatic rings. The van der Waals surface area contributed by atoms with Crippen molar-refractivity contribution in [2.45, 2.75) is 6.43 Å². The van der Waals surface area contributed by atoms with E-state index in [1.54, 1.807) is 0 Å². The lowest BCUT2D eigenvalue weighted by Crippen LogP contribution is -1.85. The SMILES string of the molecule is FC(F)c1[c]ncc(Cl)c1. The van der Waals surface area contributed by atoms with E-state index in [0.717, 1.165) is 6.07 Å². The predicted molar refractivity (Wildman–Crippen MR) is 33.0 cm³/mol. The first kappa shape index (κ1) is 7.41. The van der Waals surface area contributed by atoms with Gasteiger partial charge in [-0.1, -0.05) is 11.6 Å². The van der Waals surface area contributed by atoms with E-state index < -0.39 is 6.43 Å². The average molecular weight is 163 g/mol. The first-order chi connectivity index (χ1) is 4.70. The normalized spacial score (nSPS) is 10.4. The second kappa shape index (κ2) is 2.92. The molecule has 1 aromatic heterocycles. The van der Waals surface area contributed by atoms with Crippen molar-refractivity contribution < 1.29 is 8.78 Å². The van der Waals surface area contributed by atoms with Crippen LogP contribution < -0.4 is 0 Å². The van der Waals surface area contributed by atoms with E-state index in [-0.39, 0.29) is 10.6 Å². The maximum absolute atomic E-state index is 11.8. The number of alkyl halides is 2. The van der Waals surface area contributed by atoms with Gasteiger partial charge in [-0.2, -0.15) is 0 Å². The van der Waals surface area contributed by atoms with Crippen molar-refractivity contribution in [1.82, 2.24) is 4.98 Å². The van der Waals surface area contributed by atoms with Crippen LogP contribution >= 0.6 is 11.6 Å². The zero-order chi connectivity index (χ0) is 7.56. The van der Waals surface area contributed by atoms with Crippen LogP contribution in [0, 0.1) is 6.20 Å². The Bertz CT molecular complexity index is 227. The summed E-state index contributed by atoms with van der Waals surface area (Å²) in [6.07, 6.45) is 0.832. The van der Waals surface area contributed by atoms with Crippen LogP contribution in [0.4, 0.5) is 8.78 Å². The van der Waals surface area contributed by atoms with Crippen LogP contribution in [0.1, 0.15) is 12.0 Å². The van der Waals surface area contributed by atoms with E-state index in [0.29, 0.717) is 0 Å². The highest BCUT2D eigenvalue weighted by Gasteiger charge is 2.06. The van der Waals surface area contributed by atoms with Gasteiger partial charge in [-0.25, -0.2) is 8.78 Å². The number of nitrogens with zero attached hydrogens (tertiary/aromatic N) is 1. The zero-order valence-electron chi connectivity index (χ0n) is 4.81. The minimum atomic E-state index is -2.55. The van der Waals surface area contributed by atoms with Crippen molar-refractivity contribution in [3.63, 3.8) is 0 Å². The van der Waals surface area contributed by atoms with Gasteiger partial charge < -0.3 is 0 Å². The third-order valence-corrected chi connectivity index (χ3v) is 1.12. The Balaban J connectivity index is 2.96. The summed E-state index contributed by atoms with van der Waals surface area (Å²) in [6.45, 7) is 0. The van der Waals surface area contributed by atoms with Gasteiger partial charge in [-0.05, 0) is 6.07 Å². The molecule has 1 heterocycles. The van der Waals surface area contributed by atoms with Crippen molar-refractivity contribution >= 4 is 11.6 Å². The van der Waals surface area contributed by atoms with E-state index in [1.165, 1.54) is 6.20 Å². The Kier molecular flexibility index (Phi) is 2.17. The average Bonchev–Trinajstić information content (AvgIpc) is 1.88. The van der Waals surface area contributed by atoms with Crippen LogP contribution in [-0.2, 0) is 0 Å². The second-order valence-corrected chi connectivity index (χ2v) is 2.09. The molecular formula is C6H3ClF2N. The van der Waals surface area contributed by atoms with Crippen molar-refractivity contribution in [2.75, 3.05) is 0 Å². The number of rotatable bonds is 1. The topological polar surface area (TPSA) is 12.9 Å². The summed E-state index contributed by atoms with van der Waals surface area (Å²) >= 11 is 5.37. The molecule has 0 fully saturated rings. The monoisotopic (exact) mass is 162 g/mol. The number of hydrogen-bond donors (Lipinski definition) is 0. The molecule has 0 saturated heterocycles. The summed E-state index contributed by atoms with van der Waals surface area (Å²) in [7, 11) is 0. The zero-order valence-corrected chi connectivity index (χ0v) is 5.57. The molecule has 0 saturated carbocycles. The van der Waals surface area contributed by atoms with Gasteiger partial charge in [0.25, 0.3) is 6.43 Å². The molecule has 1 rings (SSSR count). The highest BCUT2D eigenvalue weighted by atomic mass is 35.5. The van der Waals surface area contributed by atoms with Crippen LogP contribution in [0.15, 0.2) is 12.3 Å². The molecule has 1 nitrogen and oxygen atoms in total. The summed E-state index contributed by atoms with van der Waals surface area (Å²) in [5, 5.41) is 0.203. The predicted octanol–water partition coefficient (Wildman–Crippen LogP) is 2.47. The van der Waals surface area contributed by atoms with E-state index >= 15 is 0 Å². The summed E-state index contributed by atoms with van der Waals surface area (Å²) in [4.78, 5) is 3.37. The molecule has 0 atom stereocenters. The lowest BCUT2D eigenvalue weighted by molar-refractivity contribution is 0.150. The van der Waals surface area contributed by atoms with Gasteiger partial charge in [-0.3, -0.25) is 4.98 Å². The number of pyridine rings is 1. The largest absolute Gasteiger partial charge is 0.266 e. The molecule has 0 bridgehead atoms. The number of aromatic nitrogens is 1. The Morgan fingerprint density at radius 1 is 1.60 bits per heavy atom. The van der Waals surface area contributed by atoms with Gasteiger partial charge in [0, 0.05) is 11.8 Å². The van der Waals surface area contributed by atoms with Crippen molar-refractivity contribution in [3.05, 3.63) is 29.0 Å². The number of halogens is 3. The third kappa shape index (κ3) is 1.64. The van der Waals surface area contributed by atoms with Crippen LogP contribution in [0.2, 0.25) is 5.02 Å². The fourth-order valence-corrected chi connectivity index (χ4v) is 0.665. The van der Waals surface area contributed by atoms with Gasteiger partial charge in [0.1, 0.15) is 0 Å². The Labute approximate surface area is 61.7 Å². The summed E-state index contributed by atoms with van der Waals surface area (Å²) in [5.74, 6) is 0. The fourth-order valence-electron chi connectivity index (χ4n) is 0.498. The molecule has 0 aliphatic rings. The highest BCUT2D eigenvalue weighted by molar-refractivity contribution is 6.30.